The van der Waals surface area contributed by atoms with Crippen LogP contribution in [0.5, 0.6) is 17.2 Å². The van der Waals surface area contributed by atoms with Gasteiger partial charge in [0, 0.05) is 45.4 Å². The monoisotopic (exact) mass is 592 g/mol. The number of ketones is 1. The zero-order chi connectivity index (χ0) is 30.4. The summed E-state index contributed by atoms with van der Waals surface area (Å²) in [5.74, 6) is -2.79. The Labute approximate surface area is 245 Å². The van der Waals surface area contributed by atoms with Crippen molar-refractivity contribution in [2.45, 2.75) is 46.2 Å². The first-order valence-electron chi connectivity index (χ1n) is 13.1. The minimum absolute atomic E-state index is 0.0258. The maximum Gasteiger partial charge on any atom is 0.617 e. The fraction of sp³-hybridized carbons (Fsp3) is 0.226. The molecular formula is C31H28O10S. The molecule has 0 spiro atoms. The molecule has 0 bridgehead atoms. The molecule has 11 heteroatoms. The van der Waals surface area contributed by atoms with Crippen LogP contribution in [0.1, 0.15) is 56.0 Å². The number of esters is 3. The van der Waals surface area contributed by atoms with Crippen molar-refractivity contribution in [1.82, 2.24) is 0 Å². The molecule has 42 heavy (non-hydrogen) atoms. The van der Waals surface area contributed by atoms with Crippen LogP contribution in [0, 0.1) is 0 Å². The van der Waals surface area contributed by atoms with Gasteiger partial charge in [0.1, 0.15) is 17.2 Å². The van der Waals surface area contributed by atoms with Gasteiger partial charge >= 0.3 is 24.1 Å². The SMILES string of the molecule is CCC(=O)OC(OC(=O)CC)(OC(=O)CC)Oc1ccc(C(=O)c2c(-c3ccc(O)cc3)sc3cc(O)ccc23)cc1. The minimum atomic E-state index is -2.80. The molecule has 218 valence electrons. The molecule has 2 N–H and O–H groups in total. The molecule has 3 aromatic carbocycles. The molecule has 0 saturated carbocycles. The molecule has 0 fully saturated rings. The third-order valence-electron chi connectivity index (χ3n) is 5.97. The third-order valence-corrected chi connectivity index (χ3v) is 7.17. The second kappa shape index (κ2) is 12.7. The highest BCUT2D eigenvalue weighted by Crippen LogP contribution is 2.41. The van der Waals surface area contributed by atoms with Crippen molar-refractivity contribution in [1.29, 1.82) is 0 Å². The van der Waals surface area contributed by atoms with Gasteiger partial charge in [-0.1, -0.05) is 20.8 Å². The maximum absolute atomic E-state index is 13.9. The van der Waals surface area contributed by atoms with Gasteiger partial charge < -0.3 is 29.2 Å². The number of hydrogen-bond acceptors (Lipinski definition) is 11. The maximum atomic E-state index is 13.9. The van der Waals surface area contributed by atoms with Gasteiger partial charge in [-0.25, -0.2) is 0 Å². The number of aromatic hydroxyl groups is 2. The summed E-state index contributed by atoms with van der Waals surface area (Å²) in [5.41, 5.74) is 1.37. The van der Waals surface area contributed by atoms with Crippen LogP contribution in [0.3, 0.4) is 0 Å². The number of phenols is 2. The highest BCUT2D eigenvalue weighted by molar-refractivity contribution is 7.22. The molecule has 0 aliphatic rings. The lowest BCUT2D eigenvalue weighted by Gasteiger charge is -2.29. The predicted octanol–water partition coefficient (Wildman–Crippen LogP) is 6.06. The summed E-state index contributed by atoms with van der Waals surface area (Å²) < 4.78 is 21.8. The number of ether oxygens (including phenoxy) is 4. The fourth-order valence-electron chi connectivity index (χ4n) is 3.85. The summed E-state index contributed by atoms with van der Waals surface area (Å²) in [5, 5.41) is 20.4. The number of rotatable bonds is 11. The summed E-state index contributed by atoms with van der Waals surface area (Å²) in [6.07, 6.45) is -3.17. The molecule has 10 nitrogen and oxygen atoms in total. The topological polar surface area (TPSA) is 146 Å². The average molecular weight is 593 g/mol. The highest BCUT2D eigenvalue weighted by atomic mass is 32.1. The lowest BCUT2D eigenvalue weighted by Crippen LogP contribution is -2.49. The number of carbonyl (C=O) groups excluding carboxylic acids is 4. The van der Waals surface area contributed by atoms with Crippen LogP contribution in [0.4, 0.5) is 0 Å². The summed E-state index contributed by atoms with van der Waals surface area (Å²) in [6.45, 7) is 4.50. The van der Waals surface area contributed by atoms with E-state index in [1.54, 1.807) is 24.3 Å². The molecule has 0 aliphatic carbocycles. The lowest BCUT2D eigenvalue weighted by molar-refractivity contribution is -0.418. The van der Waals surface area contributed by atoms with Crippen molar-refractivity contribution in [2.75, 3.05) is 0 Å². The number of fused-ring (bicyclic) bond motifs is 1. The third kappa shape index (κ3) is 6.69. The molecule has 0 saturated heterocycles. The van der Waals surface area contributed by atoms with Gasteiger partial charge in [0.05, 0.1) is 0 Å². The Hall–Kier alpha value is -4.90. The molecule has 4 rings (SSSR count). The van der Waals surface area contributed by atoms with E-state index in [1.807, 2.05) is 0 Å². The van der Waals surface area contributed by atoms with Gasteiger partial charge in [-0.15, -0.1) is 11.3 Å². The number of phenolic OH excluding ortho intramolecular Hbond substituents is 2. The first-order valence-corrected chi connectivity index (χ1v) is 13.9. The van der Waals surface area contributed by atoms with Crippen LogP contribution in [0.25, 0.3) is 20.5 Å². The zero-order valence-corrected chi connectivity index (χ0v) is 23.9. The van der Waals surface area contributed by atoms with Crippen LogP contribution in [0.15, 0.2) is 66.7 Å². The van der Waals surface area contributed by atoms with Gasteiger partial charge in [0.25, 0.3) is 0 Å². The molecule has 4 aromatic rings. The molecule has 1 heterocycles. The van der Waals surface area contributed by atoms with Crippen LogP contribution < -0.4 is 4.74 Å². The molecule has 0 atom stereocenters. The summed E-state index contributed by atoms with van der Waals surface area (Å²) >= 11 is 1.32. The Morgan fingerprint density at radius 2 is 1.24 bits per heavy atom. The Balaban J connectivity index is 1.72. The normalized spacial score (nSPS) is 11.1. The largest absolute Gasteiger partial charge is 0.617 e. The van der Waals surface area contributed by atoms with Crippen LogP contribution in [-0.4, -0.2) is 40.1 Å². The zero-order valence-electron chi connectivity index (χ0n) is 23.0. The van der Waals surface area contributed by atoms with Crippen molar-refractivity contribution in [2.24, 2.45) is 0 Å². The Kier molecular flexibility index (Phi) is 9.12. The molecule has 0 unspecified atom stereocenters. The first kappa shape index (κ1) is 30.1. The Bertz CT molecular complexity index is 1570. The van der Waals surface area contributed by atoms with Gasteiger partial charge in [-0.05, 0) is 72.3 Å². The van der Waals surface area contributed by atoms with Crippen LogP contribution >= 0.6 is 11.3 Å². The van der Waals surface area contributed by atoms with E-state index in [4.69, 9.17) is 18.9 Å². The number of carbonyl (C=O) groups is 4. The summed E-state index contributed by atoms with van der Waals surface area (Å²) in [4.78, 5) is 51.0. The van der Waals surface area contributed by atoms with E-state index < -0.39 is 24.1 Å². The van der Waals surface area contributed by atoms with Gasteiger partial charge in [-0.3, -0.25) is 19.2 Å². The van der Waals surface area contributed by atoms with Gasteiger partial charge in [0.15, 0.2) is 5.78 Å². The Morgan fingerprint density at radius 3 is 1.76 bits per heavy atom. The summed E-state index contributed by atoms with van der Waals surface area (Å²) in [6, 6.07) is 16.8. The second-order valence-electron chi connectivity index (χ2n) is 8.97. The van der Waals surface area contributed by atoms with E-state index in [0.29, 0.717) is 26.1 Å². The van der Waals surface area contributed by atoms with Crippen molar-refractivity contribution < 1.29 is 48.3 Å². The smallest absolute Gasteiger partial charge is 0.508 e. The van der Waals surface area contributed by atoms with E-state index in [0.717, 1.165) is 0 Å². The highest BCUT2D eigenvalue weighted by Gasteiger charge is 2.47. The first-order chi connectivity index (χ1) is 20.1. The van der Waals surface area contributed by atoms with Crippen molar-refractivity contribution in [3.8, 4) is 27.7 Å². The van der Waals surface area contributed by atoms with Crippen LogP contribution in [0.2, 0.25) is 0 Å². The Morgan fingerprint density at radius 1 is 0.714 bits per heavy atom. The van der Waals surface area contributed by atoms with Crippen molar-refractivity contribution in [3.63, 3.8) is 0 Å². The molecule has 0 aliphatic heterocycles. The number of thiophene rings is 1. The van der Waals surface area contributed by atoms with E-state index >= 15 is 0 Å². The van der Waals surface area contributed by atoms with Crippen molar-refractivity contribution >= 4 is 45.1 Å². The van der Waals surface area contributed by atoms with E-state index in [2.05, 4.69) is 0 Å². The molecule has 1 aromatic heterocycles. The number of hydrogen-bond donors (Lipinski definition) is 2. The van der Waals surface area contributed by atoms with Crippen LogP contribution in [-0.2, 0) is 28.6 Å². The molecular weight excluding hydrogens is 564 g/mol. The average Bonchev–Trinajstić information content (AvgIpc) is 3.35. The predicted molar refractivity (Wildman–Crippen MR) is 153 cm³/mol. The summed E-state index contributed by atoms with van der Waals surface area (Å²) in [7, 11) is 0. The van der Waals surface area contributed by atoms with E-state index in [-0.39, 0.29) is 47.9 Å². The van der Waals surface area contributed by atoms with E-state index in [1.165, 1.54) is 74.6 Å². The minimum Gasteiger partial charge on any atom is -0.508 e. The van der Waals surface area contributed by atoms with Gasteiger partial charge in [0.2, 0.25) is 0 Å². The molecule has 0 amide bonds. The standard InChI is InChI=1S/C31H28O10S/c1-4-25(34)39-31(40-26(35)5-2,41-27(36)6-3)38-22-14-9-18(10-15-22)29(37)28-23-16-13-21(33)17-24(23)42-30(28)19-7-11-20(32)12-8-19/h7-17,32-33H,4-6H2,1-3H3. The quantitative estimate of drug-likeness (QED) is 0.120. The fourth-order valence-corrected chi connectivity index (χ4v) is 5.09. The second-order valence-corrected chi connectivity index (χ2v) is 10.0. The van der Waals surface area contributed by atoms with Gasteiger partial charge in [-0.2, -0.15) is 0 Å². The van der Waals surface area contributed by atoms with Crippen molar-refractivity contribution in [3.05, 3.63) is 77.9 Å². The number of benzene rings is 3. The lowest BCUT2D eigenvalue weighted by atomic mass is 9.97. The van der Waals surface area contributed by atoms with E-state index in [9.17, 15) is 29.4 Å². The molecule has 0 radical (unpaired) electrons.